The molecule has 2 aromatic rings. The number of benzene rings is 2. The Kier molecular flexibility index (Phi) is 11.5. The van der Waals surface area contributed by atoms with E-state index >= 15 is 0 Å². The Bertz CT molecular complexity index is 993. The molecule has 0 aromatic heterocycles. The van der Waals surface area contributed by atoms with Crippen molar-refractivity contribution in [1.29, 1.82) is 0 Å². The first-order valence-corrected chi connectivity index (χ1v) is 14.4. The number of nitrogens with zero attached hydrogens (tertiary/aromatic N) is 2. The van der Waals surface area contributed by atoms with Crippen molar-refractivity contribution in [1.82, 2.24) is 0 Å². The van der Waals surface area contributed by atoms with Gasteiger partial charge in [-0.05, 0) is 51.0 Å². The molecule has 2 atom stereocenters. The van der Waals surface area contributed by atoms with E-state index < -0.39 is 20.0 Å². The van der Waals surface area contributed by atoms with Crippen LogP contribution in [0.25, 0.3) is 0 Å². The fraction of sp³-hybridized carbons (Fsp3) is 0.520. The molecule has 0 aliphatic heterocycles. The smallest absolute Gasteiger partial charge is 0.193 e. The lowest BCUT2D eigenvalue weighted by Crippen LogP contribution is -2.08. The summed E-state index contributed by atoms with van der Waals surface area (Å²) in [5.41, 5.74) is 2.23. The minimum Gasteiger partial charge on any atom is -0.281 e. The molecule has 0 aliphatic rings. The van der Waals surface area contributed by atoms with E-state index in [1.165, 1.54) is 0 Å². The van der Waals surface area contributed by atoms with Crippen LogP contribution in [0.15, 0.2) is 67.0 Å². The van der Waals surface area contributed by atoms with Crippen LogP contribution in [0.1, 0.15) is 56.1 Å². The Balaban J connectivity index is 1.57. The first-order chi connectivity index (χ1) is 15.8. The molecular formula is C25H38N2O4S2. The van der Waals surface area contributed by atoms with Gasteiger partial charge < -0.3 is 0 Å². The van der Waals surface area contributed by atoms with Gasteiger partial charge in [0.05, 0.1) is 23.0 Å². The van der Waals surface area contributed by atoms with Gasteiger partial charge in [-0.1, -0.05) is 67.5 Å². The normalized spacial score (nSPS) is 14.9. The summed E-state index contributed by atoms with van der Waals surface area (Å²) in [6.45, 7) is 4.86. The summed E-state index contributed by atoms with van der Waals surface area (Å²) >= 11 is 0. The molecule has 0 fully saturated rings. The van der Waals surface area contributed by atoms with Crippen LogP contribution in [-0.4, -0.2) is 35.7 Å². The molecule has 0 amide bonds. The first kappa shape index (κ1) is 27.5. The molecule has 0 saturated carbocycles. The molecule has 0 N–H and O–H groups in total. The highest BCUT2D eigenvalue weighted by molar-refractivity contribution is 7.89. The lowest BCUT2D eigenvalue weighted by molar-refractivity contribution is 0.321. The van der Waals surface area contributed by atoms with Gasteiger partial charge in [-0.15, -0.1) is 0 Å². The largest absolute Gasteiger partial charge is 0.281 e. The Morgan fingerprint density at radius 2 is 0.879 bits per heavy atom. The van der Waals surface area contributed by atoms with Gasteiger partial charge in [0.25, 0.3) is 0 Å². The SMILES string of the molecule is CN=[S@](=O)(OCCCCCCCCCO[S@@](=O)(=NC)c1ccc(C)cc1)c1ccc(C)cc1. The zero-order chi connectivity index (χ0) is 24.2. The molecule has 6 nitrogen and oxygen atoms in total. The predicted octanol–water partition coefficient (Wildman–Crippen LogP) is 6.51. The van der Waals surface area contributed by atoms with E-state index in [1.54, 1.807) is 14.1 Å². The molecule has 184 valence electrons. The Hall–Kier alpha value is -1.74. The monoisotopic (exact) mass is 494 g/mol. The molecule has 33 heavy (non-hydrogen) atoms. The van der Waals surface area contributed by atoms with Crippen molar-refractivity contribution in [2.75, 3.05) is 27.3 Å². The van der Waals surface area contributed by atoms with Gasteiger partial charge in [0.1, 0.15) is 0 Å². The Morgan fingerprint density at radius 3 is 1.18 bits per heavy atom. The number of aryl methyl sites for hydroxylation is 2. The maximum absolute atomic E-state index is 12.9. The van der Waals surface area contributed by atoms with Gasteiger partial charge >= 0.3 is 0 Å². The molecule has 0 saturated heterocycles. The standard InChI is InChI=1S/C25H38N2O4S2/c1-22-12-16-24(17-13-22)32(28,26-3)30-20-10-8-6-5-7-9-11-21-31-33(29,27-4)25-18-14-23(2)15-19-25/h12-19H,5-11,20-21H2,1-4H3/t32-,33-/m1/s1. The molecule has 0 heterocycles. The second-order valence-corrected chi connectivity index (χ2v) is 12.1. The first-order valence-electron chi connectivity index (χ1n) is 11.6. The van der Waals surface area contributed by atoms with Crippen LogP contribution in [0.5, 0.6) is 0 Å². The number of unbranched alkanes of at least 4 members (excludes halogenated alkanes) is 6. The van der Waals surface area contributed by atoms with Crippen LogP contribution in [0.3, 0.4) is 0 Å². The van der Waals surface area contributed by atoms with E-state index in [9.17, 15) is 8.42 Å². The third-order valence-electron chi connectivity index (χ3n) is 5.39. The second kappa shape index (κ2) is 13.8. The van der Waals surface area contributed by atoms with Crippen molar-refractivity contribution >= 4 is 20.0 Å². The van der Waals surface area contributed by atoms with Gasteiger partial charge in [0.2, 0.25) is 0 Å². The Labute approximate surface area is 200 Å². The average molecular weight is 495 g/mol. The van der Waals surface area contributed by atoms with E-state index in [0.717, 1.165) is 56.1 Å². The minimum absolute atomic E-state index is 0.436. The molecule has 8 heteroatoms. The summed E-state index contributed by atoms with van der Waals surface area (Å²) < 4.78 is 45.1. The van der Waals surface area contributed by atoms with E-state index in [1.807, 2.05) is 62.4 Å². The summed E-state index contributed by atoms with van der Waals surface area (Å²) in [6.07, 6.45) is 7.10. The van der Waals surface area contributed by atoms with E-state index in [2.05, 4.69) is 8.73 Å². The third-order valence-corrected chi connectivity index (χ3v) is 9.06. The predicted molar refractivity (Wildman–Crippen MR) is 136 cm³/mol. The molecule has 2 aromatic carbocycles. The fourth-order valence-corrected chi connectivity index (χ4v) is 5.86. The molecule has 0 spiro atoms. The van der Waals surface area contributed by atoms with Gasteiger partial charge in [-0.2, -0.15) is 0 Å². The highest BCUT2D eigenvalue weighted by Crippen LogP contribution is 2.18. The van der Waals surface area contributed by atoms with E-state index in [-0.39, 0.29) is 0 Å². The van der Waals surface area contributed by atoms with Crippen LogP contribution in [0.2, 0.25) is 0 Å². The van der Waals surface area contributed by atoms with Crippen molar-refractivity contribution in [3.8, 4) is 0 Å². The number of rotatable bonds is 14. The average Bonchev–Trinajstić information content (AvgIpc) is 2.83. The number of hydrogen-bond acceptors (Lipinski definition) is 6. The van der Waals surface area contributed by atoms with Crippen molar-refractivity contribution in [2.45, 2.75) is 68.6 Å². The molecule has 0 bridgehead atoms. The Morgan fingerprint density at radius 1 is 0.576 bits per heavy atom. The summed E-state index contributed by atoms with van der Waals surface area (Å²) in [4.78, 5) is 1.25. The van der Waals surface area contributed by atoms with Crippen molar-refractivity contribution in [2.24, 2.45) is 8.73 Å². The fourth-order valence-electron chi connectivity index (χ4n) is 3.30. The zero-order valence-electron chi connectivity index (χ0n) is 20.3. The molecule has 0 radical (unpaired) electrons. The highest BCUT2D eigenvalue weighted by atomic mass is 32.2. The summed E-state index contributed by atoms with van der Waals surface area (Å²) in [5.74, 6) is 0. The second-order valence-electron chi connectivity index (χ2n) is 8.06. The molecule has 0 unspecified atom stereocenters. The maximum Gasteiger partial charge on any atom is 0.193 e. The summed E-state index contributed by atoms with van der Waals surface area (Å²) in [5, 5.41) is 0. The van der Waals surface area contributed by atoms with Crippen LogP contribution >= 0.6 is 0 Å². The topological polar surface area (TPSA) is 77.3 Å². The van der Waals surface area contributed by atoms with Gasteiger partial charge in [-0.25, -0.2) is 17.1 Å². The maximum atomic E-state index is 12.9. The van der Waals surface area contributed by atoms with Gasteiger partial charge in [-0.3, -0.25) is 8.37 Å². The van der Waals surface area contributed by atoms with Crippen molar-refractivity contribution in [3.63, 3.8) is 0 Å². The lowest BCUT2D eigenvalue weighted by atomic mass is 10.1. The van der Waals surface area contributed by atoms with Crippen LogP contribution < -0.4 is 0 Å². The van der Waals surface area contributed by atoms with Gasteiger partial charge in [0, 0.05) is 14.1 Å². The minimum atomic E-state index is -2.79. The molecule has 2 rings (SSSR count). The third kappa shape index (κ3) is 8.85. The van der Waals surface area contributed by atoms with E-state index in [0.29, 0.717) is 23.0 Å². The summed E-state index contributed by atoms with van der Waals surface area (Å²) in [7, 11) is -2.49. The zero-order valence-corrected chi connectivity index (χ0v) is 22.0. The highest BCUT2D eigenvalue weighted by Gasteiger charge is 2.13. The lowest BCUT2D eigenvalue weighted by Gasteiger charge is -2.11. The molecule has 0 aliphatic carbocycles. The van der Waals surface area contributed by atoms with Crippen LogP contribution in [0, 0.1) is 13.8 Å². The van der Waals surface area contributed by atoms with Crippen molar-refractivity contribution in [3.05, 3.63) is 59.7 Å². The van der Waals surface area contributed by atoms with E-state index in [4.69, 9.17) is 8.37 Å². The van der Waals surface area contributed by atoms with Gasteiger partial charge in [0.15, 0.2) is 20.0 Å². The van der Waals surface area contributed by atoms with Crippen LogP contribution in [-0.2, 0) is 28.4 Å². The molecular weight excluding hydrogens is 456 g/mol. The number of hydrogen-bond donors (Lipinski definition) is 0. The van der Waals surface area contributed by atoms with Crippen LogP contribution in [0.4, 0.5) is 0 Å². The summed E-state index contributed by atoms with van der Waals surface area (Å²) in [6, 6.07) is 15.0. The quantitative estimate of drug-likeness (QED) is 0.280. The van der Waals surface area contributed by atoms with Crippen molar-refractivity contribution < 1.29 is 16.8 Å².